The number of aliphatic hydroxyl groups is 1. The number of nitrogens with one attached hydrogen (secondary N) is 1. The lowest BCUT2D eigenvalue weighted by atomic mass is 9.88. The molecule has 2 nitrogen and oxygen atoms in total. The van der Waals surface area contributed by atoms with Crippen LogP contribution in [0.1, 0.15) is 32.3 Å². The zero-order valence-electron chi connectivity index (χ0n) is 11.0. The molecule has 102 valence electrons. The third kappa shape index (κ3) is 4.92. The van der Waals surface area contributed by atoms with Gasteiger partial charge in [-0.2, -0.15) is 0 Å². The molecule has 0 bridgehead atoms. The second-order valence-corrected chi connectivity index (χ2v) is 5.69. The van der Waals surface area contributed by atoms with E-state index in [9.17, 15) is 4.39 Å². The van der Waals surface area contributed by atoms with Crippen LogP contribution >= 0.6 is 11.6 Å². The molecule has 4 heteroatoms. The van der Waals surface area contributed by atoms with Crippen molar-refractivity contribution >= 4 is 11.6 Å². The number of aliphatic hydroxyl groups excluding tert-OH is 1. The molecular weight excluding hydrogens is 253 g/mol. The van der Waals surface area contributed by atoms with Crippen molar-refractivity contribution in [3.63, 3.8) is 0 Å². The van der Waals surface area contributed by atoms with Gasteiger partial charge in [0.1, 0.15) is 5.82 Å². The van der Waals surface area contributed by atoms with E-state index < -0.39 is 0 Å². The van der Waals surface area contributed by atoms with Gasteiger partial charge in [-0.05, 0) is 29.9 Å². The van der Waals surface area contributed by atoms with Crippen molar-refractivity contribution < 1.29 is 9.50 Å². The van der Waals surface area contributed by atoms with Gasteiger partial charge >= 0.3 is 0 Å². The Kier molecular flexibility index (Phi) is 6.06. The van der Waals surface area contributed by atoms with E-state index in [1.165, 1.54) is 6.07 Å². The van der Waals surface area contributed by atoms with E-state index in [-0.39, 0.29) is 22.9 Å². The number of benzene rings is 1. The highest BCUT2D eigenvalue weighted by molar-refractivity contribution is 6.31. The molecule has 0 spiro atoms. The Morgan fingerprint density at radius 2 is 2.11 bits per heavy atom. The molecule has 18 heavy (non-hydrogen) atoms. The van der Waals surface area contributed by atoms with E-state index >= 15 is 0 Å². The maximum Gasteiger partial charge on any atom is 0.142 e. The third-order valence-electron chi connectivity index (χ3n) is 2.96. The van der Waals surface area contributed by atoms with E-state index in [1.807, 2.05) is 6.07 Å². The Morgan fingerprint density at radius 1 is 1.39 bits per heavy atom. The van der Waals surface area contributed by atoms with Crippen LogP contribution in [0.3, 0.4) is 0 Å². The zero-order valence-corrected chi connectivity index (χ0v) is 11.7. The van der Waals surface area contributed by atoms with Crippen molar-refractivity contribution in [1.29, 1.82) is 0 Å². The molecule has 1 aromatic carbocycles. The Hall–Kier alpha value is -0.640. The topological polar surface area (TPSA) is 32.3 Å². The second kappa shape index (κ2) is 7.07. The number of halogens is 2. The molecule has 0 saturated carbocycles. The number of rotatable bonds is 7. The molecule has 0 aliphatic carbocycles. The average molecular weight is 274 g/mol. The SMILES string of the molecule is CC(C)(CCCO)CNCc1cccc(F)c1Cl. The van der Waals surface area contributed by atoms with Crippen LogP contribution in [0.4, 0.5) is 4.39 Å². The first-order chi connectivity index (χ1) is 8.46. The smallest absolute Gasteiger partial charge is 0.142 e. The molecule has 0 atom stereocenters. The first-order valence-corrected chi connectivity index (χ1v) is 6.58. The van der Waals surface area contributed by atoms with Gasteiger partial charge in [-0.1, -0.05) is 37.6 Å². The van der Waals surface area contributed by atoms with E-state index in [0.717, 1.165) is 24.9 Å². The number of hydrogen-bond donors (Lipinski definition) is 2. The molecule has 0 fully saturated rings. The second-order valence-electron chi connectivity index (χ2n) is 5.31. The number of hydrogen-bond acceptors (Lipinski definition) is 2. The summed E-state index contributed by atoms with van der Waals surface area (Å²) in [4.78, 5) is 0. The van der Waals surface area contributed by atoms with Crippen molar-refractivity contribution in [3.8, 4) is 0 Å². The lowest BCUT2D eigenvalue weighted by molar-refractivity contribution is 0.236. The summed E-state index contributed by atoms with van der Waals surface area (Å²) in [5.74, 6) is -0.379. The zero-order chi connectivity index (χ0) is 13.6. The fourth-order valence-corrected chi connectivity index (χ4v) is 2.06. The van der Waals surface area contributed by atoms with E-state index in [4.69, 9.17) is 16.7 Å². The van der Waals surface area contributed by atoms with Gasteiger partial charge in [-0.3, -0.25) is 0 Å². The Balaban J connectivity index is 2.44. The van der Waals surface area contributed by atoms with E-state index in [0.29, 0.717) is 6.54 Å². The fourth-order valence-electron chi connectivity index (χ4n) is 1.87. The summed E-state index contributed by atoms with van der Waals surface area (Å²) in [6.45, 7) is 5.86. The van der Waals surface area contributed by atoms with Crippen molar-refractivity contribution in [1.82, 2.24) is 5.32 Å². The molecule has 0 saturated heterocycles. The van der Waals surface area contributed by atoms with Crippen molar-refractivity contribution in [2.24, 2.45) is 5.41 Å². The van der Waals surface area contributed by atoms with Gasteiger partial charge in [-0.15, -0.1) is 0 Å². The van der Waals surface area contributed by atoms with Gasteiger partial charge in [0.2, 0.25) is 0 Å². The minimum atomic E-state index is -0.379. The van der Waals surface area contributed by atoms with Crippen molar-refractivity contribution in [2.75, 3.05) is 13.2 Å². The van der Waals surface area contributed by atoms with Crippen LogP contribution in [0, 0.1) is 11.2 Å². The Bertz CT molecular complexity index is 382. The van der Waals surface area contributed by atoms with Crippen LogP contribution in [0.25, 0.3) is 0 Å². The van der Waals surface area contributed by atoms with E-state index in [1.54, 1.807) is 6.07 Å². The highest BCUT2D eigenvalue weighted by Crippen LogP contribution is 2.22. The van der Waals surface area contributed by atoms with Crippen LogP contribution in [-0.2, 0) is 6.54 Å². The lowest BCUT2D eigenvalue weighted by Crippen LogP contribution is -2.29. The maximum absolute atomic E-state index is 13.2. The third-order valence-corrected chi connectivity index (χ3v) is 3.39. The lowest BCUT2D eigenvalue weighted by Gasteiger charge is -2.24. The quantitative estimate of drug-likeness (QED) is 0.798. The largest absolute Gasteiger partial charge is 0.396 e. The van der Waals surface area contributed by atoms with Crippen LogP contribution < -0.4 is 5.32 Å². The predicted molar refractivity (Wildman–Crippen MR) is 73.2 cm³/mol. The summed E-state index contributed by atoms with van der Waals surface area (Å²) < 4.78 is 13.2. The summed E-state index contributed by atoms with van der Waals surface area (Å²) in [6, 6.07) is 4.84. The van der Waals surface area contributed by atoms with Crippen LogP contribution in [-0.4, -0.2) is 18.3 Å². The molecule has 0 aliphatic rings. The molecule has 0 aliphatic heterocycles. The minimum absolute atomic E-state index is 0.114. The fraction of sp³-hybridized carbons (Fsp3) is 0.571. The van der Waals surface area contributed by atoms with Gasteiger partial charge in [0.15, 0.2) is 0 Å². The molecule has 0 amide bonds. The summed E-state index contributed by atoms with van der Waals surface area (Å²) in [5, 5.41) is 12.3. The molecule has 0 unspecified atom stereocenters. The average Bonchev–Trinajstić information content (AvgIpc) is 2.32. The van der Waals surface area contributed by atoms with Gasteiger partial charge < -0.3 is 10.4 Å². The molecule has 1 rings (SSSR count). The van der Waals surface area contributed by atoms with Crippen LogP contribution in [0.15, 0.2) is 18.2 Å². The first kappa shape index (κ1) is 15.4. The van der Waals surface area contributed by atoms with Gasteiger partial charge in [0.05, 0.1) is 5.02 Å². The molecule has 0 heterocycles. The normalized spacial score (nSPS) is 11.8. The summed E-state index contributed by atoms with van der Waals surface area (Å²) in [5.41, 5.74) is 0.886. The van der Waals surface area contributed by atoms with Gasteiger partial charge in [0, 0.05) is 19.7 Å². The minimum Gasteiger partial charge on any atom is -0.396 e. The molecule has 0 radical (unpaired) electrons. The van der Waals surface area contributed by atoms with Crippen molar-refractivity contribution in [3.05, 3.63) is 34.6 Å². The first-order valence-electron chi connectivity index (χ1n) is 6.21. The van der Waals surface area contributed by atoms with Gasteiger partial charge in [-0.25, -0.2) is 4.39 Å². The molecular formula is C14H21ClFNO. The molecule has 1 aromatic rings. The van der Waals surface area contributed by atoms with Gasteiger partial charge in [0.25, 0.3) is 0 Å². The monoisotopic (exact) mass is 273 g/mol. The highest BCUT2D eigenvalue weighted by atomic mass is 35.5. The Labute approximate surface area is 113 Å². The standard InChI is InChI=1S/C14H21ClFNO/c1-14(2,7-4-8-18)10-17-9-11-5-3-6-12(16)13(11)15/h3,5-6,17-18H,4,7-10H2,1-2H3. The Morgan fingerprint density at radius 3 is 2.78 bits per heavy atom. The summed E-state index contributed by atoms with van der Waals surface area (Å²) >= 11 is 5.88. The highest BCUT2D eigenvalue weighted by Gasteiger charge is 2.16. The van der Waals surface area contributed by atoms with Crippen LogP contribution in [0.2, 0.25) is 5.02 Å². The maximum atomic E-state index is 13.2. The van der Waals surface area contributed by atoms with E-state index in [2.05, 4.69) is 19.2 Å². The van der Waals surface area contributed by atoms with Crippen LogP contribution in [0.5, 0.6) is 0 Å². The molecule has 2 N–H and O–H groups in total. The summed E-state index contributed by atoms with van der Waals surface area (Å²) in [7, 11) is 0. The predicted octanol–water partition coefficient (Wildman–Crippen LogP) is 3.37. The molecule has 0 aromatic heterocycles. The summed E-state index contributed by atoms with van der Waals surface area (Å²) in [6.07, 6.45) is 1.75. The van der Waals surface area contributed by atoms with Crippen molar-refractivity contribution in [2.45, 2.75) is 33.2 Å².